The van der Waals surface area contributed by atoms with Gasteiger partial charge >= 0.3 is 18.0 Å². The third kappa shape index (κ3) is 6.64. The average Bonchev–Trinajstić information content (AvgIpc) is 3.77. The number of nitrogens with one attached hydrogen (secondary N) is 1. The summed E-state index contributed by atoms with van der Waals surface area (Å²) in [6, 6.07) is 3.28. The van der Waals surface area contributed by atoms with Crippen LogP contribution in [0, 0.1) is 5.82 Å². The van der Waals surface area contributed by atoms with Gasteiger partial charge in [-0.15, -0.1) is 22.7 Å². The lowest BCUT2D eigenvalue weighted by Gasteiger charge is -2.38. The van der Waals surface area contributed by atoms with Crippen molar-refractivity contribution >= 4 is 67.5 Å². The first kappa shape index (κ1) is 31.3. The normalized spacial score (nSPS) is 20.2. The van der Waals surface area contributed by atoms with Crippen molar-refractivity contribution < 1.29 is 28.6 Å². The first-order valence-corrected chi connectivity index (χ1v) is 16.8. The zero-order valence-corrected chi connectivity index (χ0v) is 27.3. The highest BCUT2D eigenvalue weighted by Crippen LogP contribution is 2.37. The third-order valence-electron chi connectivity index (χ3n) is 7.70. The second-order valence-corrected chi connectivity index (χ2v) is 13.2. The number of piperazine rings is 1. The smallest absolute Gasteiger partial charge is 0.338 e. The Bertz CT molecular complexity index is 1680. The van der Waals surface area contributed by atoms with Crippen LogP contribution in [0.1, 0.15) is 35.7 Å². The summed E-state index contributed by atoms with van der Waals surface area (Å²) in [6.45, 7) is 4.30. The van der Waals surface area contributed by atoms with Crippen molar-refractivity contribution in [2.24, 2.45) is 4.99 Å². The van der Waals surface area contributed by atoms with E-state index in [0.717, 1.165) is 0 Å². The van der Waals surface area contributed by atoms with Crippen LogP contribution in [0.2, 0.25) is 0 Å². The number of urea groups is 1. The van der Waals surface area contributed by atoms with E-state index in [0.29, 0.717) is 82.1 Å². The van der Waals surface area contributed by atoms with Gasteiger partial charge in [-0.05, 0) is 24.6 Å². The monoisotopic (exact) mass is 717 g/mol. The van der Waals surface area contributed by atoms with Crippen molar-refractivity contribution in [1.82, 2.24) is 25.1 Å². The number of carboxylic acid groups (broad SMARTS) is 1. The zero-order chi connectivity index (χ0) is 31.7. The molecule has 0 spiro atoms. The van der Waals surface area contributed by atoms with Gasteiger partial charge in [0.25, 0.3) is 0 Å². The van der Waals surface area contributed by atoms with E-state index in [1.807, 2.05) is 10.3 Å². The summed E-state index contributed by atoms with van der Waals surface area (Å²) in [5.74, 6) is -1.34. The molecule has 12 nitrogen and oxygen atoms in total. The molecule has 236 valence electrons. The Morgan fingerprint density at radius 3 is 2.82 bits per heavy atom. The average molecular weight is 719 g/mol. The number of carboxylic acids is 1. The van der Waals surface area contributed by atoms with Crippen LogP contribution < -0.4 is 10.2 Å². The molecule has 2 amide bonds. The number of carbonyl (C=O) groups is 3. The van der Waals surface area contributed by atoms with Crippen molar-refractivity contribution in [3.8, 4) is 0 Å². The third-order valence-corrected chi connectivity index (χ3v) is 10.1. The number of thiazole rings is 2. The maximum Gasteiger partial charge on any atom is 0.338 e. The number of nitrogens with zero attached hydrogens (tertiary/aromatic N) is 6. The molecule has 2 aromatic heterocycles. The molecule has 0 bridgehead atoms. The maximum atomic E-state index is 14.1. The van der Waals surface area contributed by atoms with E-state index in [1.165, 1.54) is 34.8 Å². The predicted molar refractivity (Wildman–Crippen MR) is 170 cm³/mol. The second-order valence-electron chi connectivity index (χ2n) is 10.6. The van der Waals surface area contributed by atoms with E-state index in [-0.39, 0.29) is 25.1 Å². The van der Waals surface area contributed by atoms with Crippen LogP contribution in [-0.2, 0) is 20.7 Å². The van der Waals surface area contributed by atoms with Crippen LogP contribution >= 0.6 is 38.6 Å². The minimum atomic E-state index is -0.894. The van der Waals surface area contributed by atoms with Crippen LogP contribution in [-0.4, -0.2) is 94.1 Å². The van der Waals surface area contributed by atoms with E-state index in [2.05, 4.69) is 36.1 Å². The van der Waals surface area contributed by atoms with Gasteiger partial charge in [0.2, 0.25) is 0 Å². The number of hydrogen-bond acceptors (Lipinski definition) is 11. The van der Waals surface area contributed by atoms with Gasteiger partial charge in [-0.2, -0.15) is 0 Å². The van der Waals surface area contributed by atoms with Crippen LogP contribution in [0.4, 0.5) is 14.3 Å². The number of esters is 1. The predicted octanol–water partition coefficient (Wildman–Crippen LogP) is 4.05. The molecule has 0 radical (unpaired) electrons. The van der Waals surface area contributed by atoms with Gasteiger partial charge in [-0.1, -0.05) is 22.0 Å². The second kappa shape index (κ2) is 13.3. The van der Waals surface area contributed by atoms with E-state index >= 15 is 0 Å². The molecule has 0 unspecified atom stereocenters. The number of amidine groups is 1. The minimum Gasteiger partial charge on any atom is -0.481 e. The molecule has 16 heteroatoms. The molecule has 3 aromatic rings. The first-order chi connectivity index (χ1) is 21.7. The fraction of sp³-hybridized carbons (Fsp3) is 0.379. The van der Waals surface area contributed by atoms with Crippen LogP contribution in [0.15, 0.2) is 55.9 Å². The Kier molecular flexibility index (Phi) is 9.26. The first-order valence-electron chi connectivity index (χ1n) is 14.3. The molecule has 2 saturated heterocycles. The molecule has 45 heavy (non-hydrogen) atoms. The topological polar surface area (TPSA) is 141 Å². The van der Waals surface area contributed by atoms with Gasteiger partial charge in [0.1, 0.15) is 11.9 Å². The molecule has 2 fully saturated rings. The Balaban J connectivity index is 1.26. The van der Waals surface area contributed by atoms with E-state index in [4.69, 9.17) is 14.8 Å². The number of anilines is 1. The largest absolute Gasteiger partial charge is 0.481 e. The van der Waals surface area contributed by atoms with Crippen molar-refractivity contribution in [3.63, 3.8) is 0 Å². The molecule has 5 heterocycles. The Hall–Kier alpha value is -3.73. The van der Waals surface area contributed by atoms with E-state index in [1.54, 1.807) is 29.5 Å². The number of amides is 2. The zero-order valence-electron chi connectivity index (χ0n) is 24.1. The summed E-state index contributed by atoms with van der Waals surface area (Å²) in [6.07, 6.45) is 1.96. The highest BCUT2D eigenvalue weighted by molar-refractivity contribution is 9.10. The number of carbonyl (C=O) groups excluding carboxylic acids is 2. The molecule has 6 rings (SSSR count). The molecule has 2 N–H and O–H groups in total. The number of halogens is 2. The number of aryl methyl sites for hydroxylation is 1. The standard InChI is InChI=1S/C29H29BrFN7O5S2/c1-2-43-27(41)23-21(34-25(26-32-7-10-44-26)35-24(23)19-5-3-16(31)11-20(19)30)14-36-8-9-37-18(12-36)13-38(29(37)42)28-33-17(15-45-28)4-6-22(39)40/h3,5,7,10-11,15,18,24H,2,4,6,8-9,12-14H2,1H3,(H,34,35)(H,39,40)/t18-,24-/m0/s1. The number of aliphatic imine (C=N–C) groups is 1. The molecular formula is C29H29BrFN7O5S2. The van der Waals surface area contributed by atoms with E-state index < -0.39 is 23.8 Å². The van der Waals surface area contributed by atoms with Gasteiger partial charge in [-0.3, -0.25) is 19.6 Å². The van der Waals surface area contributed by atoms with Crippen molar-refractivity contribution in [2.75, 3.05) is 44.2 Å². The minimum absolute atomic E-state index is 0.0214. The van der Waals surface area contributed by atoms with Crippen molar-refractivity contribution in [2.45, 2.75) is 31.8 Å². The Morgan fingerprint density at radius 2 is 2.09 bits per heavy atom. The van der Waals surface area contributed by atoms with Gasteiger partial charge in [-0.25, -0.2) is 23.9 Å². The lowest BCUT2D eigenvalue weighted by atomic mass is 9.95. The summed E-state index contributed by atoms with van der Waals surface area (Å²) in [5.41, 5.74) is 2.19. The number of aliphatic carboxylic acids is 1. The summed E-state index contributed by atoms with van der Waals surface area (Å²) < 4.78 is 20.0. The number of rotatable bonds is 10. The summed E-state index contributed by atoms with van der Waals surface area (Å²) in [7, 11) is 0. The Morgan fingerprint density at radius 1 is 1.24 bits per heavy atom. The summed E-state index contributed by atoms with van der Waals surface area (Å²) in [4.78, 5) is 57.3. The molecule has 0 aliphatic carbocycles. The lowest BCUT2D eigenvalue weighted by molar-refractivity contribution is -0.139. The molecule has 3 aliphatic rings. The van der Waals surface area contributed by atoms with Crippen molar-refractivity contribution in [3.05, 3.63) is 73.0 Å². The van der Waals surface area contributed by atoms with E-state index in [9.17, 15) is 18.8 Å². The van der Waals surface area contributed by atoms with Crippen LogP contribution in [0.25, 0.3) is 0 Å². The maximum absolute atomic E-state index is 14.1. The number of benzene rings is 1. The summed E-state index contributed by atoms with van der Waals surface area (Å²) >= 11 is 6.20. The van der Waals surface area contributed by atoms with Gasteiger partial charge in [0.05, 0.1) is 36.9 Å². The Labute approximate surface area is 274 Å². The van der Waals surface area contributed by atoms with Crippen LogP contribution in [0.5, 0.6) is 0 Å². The number of hydrogen-bond donors (Lipinski definition) is 2. The number of ether oxygens (including phenoxy) is 1. The fourth-order valence-corrected chi connectivity index (χ4v) is 7.65. The summed E-state index contributed by atoms with van der Waals surface area (Å²) in [5, 5.41) is 17.2. The molecule has 2 atom stereocenters. The van der Waals surface area contributed by atoms with Gasteiger partial charge < -0.3 is 20.1 Å². The quantitative estimate of drug-likeness (QED) is 0.297. The fourth-order valence-electron chi connectivity index (χ4n) is 5.64. The van der Waals surface area contributed by atoms with Gasteiger partial charge in [0, 0.05) is 59.7 Å². The molecule has 1 aromatic carbocycles. The highest BCUT2D eigenvalue weighted by atomic mass is 79.9. The number of fused-ring (bicyclic) bond motifs is 1. The van der Waals surface area contributed by atoms with Crippen molar-refractivity contribution in [1.29, 1.82) is 0 Å². The van der Waals surface area contributed by atoms with Crippen LogP contribution in [0.3, 0.4) is 0 Å². The highest BCUT2D eigenvalue weighted by Gasteiger charge is 2.43. The molecule has 3 aliphatic heterocycles. The SMILES string of the molecule is CCOC(=O)C1=C(CN2CCN3C(=O)N(c4nc(CCC(=O)O)cs4)C[C@@H]3C2)NC(c2nccs2)=N[C@H]1c1ccc(F)cc1Br. The number of aromatic nitrogens is 2. The van der Waals surface area contributed by atoms with Gasteiger partial charge in [0.15, 0.2) is 16.0 Å². The molecular weight excluding hydrogens is 689 g/mol. The lowest BCUT2D eigenvalue weighted by Crippen LogP contribution is -2.53. The molecule has 0 saturated carbocycles.